The summed E-state index contributed by atoms with van der Waals surface area (Å²) in [5.74, 6) is -1.10. The van der Waals surface area contributed by atoms with Gasteiger partial charge in [-0.3, -0.25) is 10.1 Å². The van der Waals surface area contributed by atoms with Crippen molar-refractivity contribution in [1.29, 1.82) is 0 Å². The van der Waals surface area contributed by atoms with Gasteiger partial charge in [-0.25, -0.2) is 4.79 Å². The van der Waals surface area contributed by atoms with Crippen LogP contribution in [-0.2, 0) is 0 Å². The zero-order valence-electron chi connectivity index (χ0n) is 10.5. The molecule has 1 saturated heterocycles. The Morgan fingerprint density at radius 1 is 1.42 bits per heavy atom. The van der Waals surface area contributed by atoms with Crippen molar-refractivity contribution in [3.63, 3.8) is 0 Å². The van der Waals surface area contributed by atoms with Gasteiger partial charge in [0.1, 0.15) is 17.0 Å². The summed E-state index contributed by atoms with van der Waals surface area (Å²) >= 11 is 0. The lowest BCUT2D eigenvalue weighted by atomic mass is 10.1. The molecule has 102 valence electrons. The van der Waals surface area contributed by atoms with Gasteiger partial charge in [-0.05, 0) is 12.8 Å². The number of carboxylic acid groups (broad SMARTS) is 1. The molecule has 0 radical (unpaired) electrons. The van der Waals surface area contributed by atoms with Gasteiger partial charge < -0.3 is 14.7 Å². The number of hydrogen-bond donors (Lipinski definition) is 1. The van der Waals surface area contributed by atoms with E-state index in [1.807, 2.05) is 4.90 Å². The third-order valence-corrected chi connectivity index (χ3v) is 3.17. The number of anilines is 1. The van der Waals surface area contributed by atoms with E-state index in [1.165, 1.54) is 13.2 Å². The molecule has 2 rings (SSSR count). The van der Waals surface area contributed by atoms with Crippen LogP contribution in [0, 0.1) is 10.1 Å². The van der Waals surface area contributed by atoms with Crippen LogP contribution in [0.5, 0.6) is 5.75 Å². The first-order chi connectivity index (χ1) is 9.04. The van der Waals surface area contributed by atoms with E-state index in [4.69, 9.17) is 9.84 Å². The zero-order valence-corrected chi connectivity index (χ0v) is 10.5. The molecule has 0 atom stereocenters. The number of nitro benzene ring substituents is 1. The summed E-state index contributed by atoms with van der Waals surface area (Å²) < 4.78 is 5.01. The van der Waals surface area contributed by atoms with Crippen LogP contribution in [0.1, 0.15) is 23.2 Å². The predicted molar refractivity (Wildman–Crippen MR) is 68.1 cm³/mol. The molecule has 0 aliphatic carbocycles. The van der Waals surface area contributed by atoms with Gasteiger partial charge in [0, 0.05) is 25.2 Å². The summed E-state index contributed by atoms with van der Waals surface area (Å²) in [6.45, 7) is 1.47. The molecule has 1 aromatic carbocycles. The Bertz CT molecular complexity index is 523. The summed E-state index contributed by atoms with van der Waals surface area (Å²) in [7, 11) is 1.35. The first-order valence-corrected chi connectivity index (χ1v) is 5.89. The standard InChI is InChI=1S/C12H14N2O5/c1-19-11-7-9(13-4-2-3-5-13)10(14(17)18)6-8(11)12(15)16/h6-7H,2-5H2,1H3,(H,15,16). The molecule has 0 amide bonds. The minimum Gasteiger partial charge on any atom is -0.496 e. The summed E-state index contributed by atoms with van der Waals surface area (Å²) in [5.41, 5.74) is 0.0293. The van der Waals surface area contributed by atoms with Gasteiger partial charge in [-0.15, -0.1) is 0 Å². The molecular weight excluding hydrogens is 252 g/mol. The van der Waals surface area contributed by atoms with Crippen LogP contribution in [-0.4, -0.2) is 36.2 Å². The fourth-order valence-electron chi connectivity index (χ4n) is 2.25. The SMILES string of the molecule is COc1cc(N2CCCC2)c([N+](=O)[O-])cc1C(=O)O. The van der Waals surface area contributed by atoms with E-state index in [-0.39, 0.29) is 17.0 Å². The van der Waals surface area contributed by atoms with Crippen molar-refractivity contribution in [2.45, 2.75) is 12.8 Å². The van der Waals surface area contributed by atoms with Crippen LogP contribution in [0.2, 0.25) is 0 Å². The average Bonchev–Trinajstić information content (AvgIpc) is 2.90. The number of carboxylic acids is 1. The normalized spacial score (nSPS) is 14.5. The molecule has 0 saturated carbocycles. The summed E-state index contributed by atoms with van der Waals surface area (Å²) in [6, 6.07) is 2.50. The van der Waals surface area contributed by atoms with Crippen molar-refractivity contribution in [2.75, 3.05) is 25.1 Å². The second-order valence-electron chi connectivity index (χ2n) is 4.30. The monoisotopic (exact) mass is 266 g/mol. The highest BCUT2D eigenvalue weighted by atomic mass is 16.6. The van der Waals surface area contributed by atoms with Crippen LogP contribution < -0.4 is 9.64 Å². The molecular formula is C12H14N2O5. The van der Waals surface area contributed by atoms with E-state index in [0.717, 1.165) is 32.0 Å². The quantitative estimate of drug-likeness (QED) is 0.660. The summed E-state index contributed by atoms with van der Waals surface area (Å²) in [6.07, 6.45) is 1.94. The predicted octanol–water partition coefficient (Wildman–Crippen LogP) is 1.90. The molecule has 1 N–H and O–H groups in total. The van der Waals surface area contributed by atoms with Crippen LogP contribution in [0.4, 0.5) is 11.4 Å². The van der Waals surface area contributed by atoms with Crippen molar-refractivity contribution in [3.05, 3.63) is 27.8 Å². The zero-order chi connectivity index (χ0) is 14.0. The maximum Gasteiger partial charge on any atom is 0.339 e. The van der Waals surface area contributed by atoms with Crippen molar-refractivity contribution in [2.24, 2.45) is 0 Å². The van der Waals surface area contributed by atoms with Crippen LogP contribution in [0.25, 0.3) is 0 Å². The van der Waals surface area contributed by atoms with Crippen molar-refractivity contribution < 1.29 is 19.6 Å². The first-order valence-electron chi connectivity index (χ1n) is 5.89. The van der Waals surface area contributed by atoms with Gasteiger partial charge in [0.15, 0.2) is 0 Å². The molecule has 7 nitrogen and oxygen atoms in total. The molecule has 7 heteroatoms. The van der Waals surface area contributed by atoms with Crippen molar-refractivity contribution in [3.8, 4) is 5.75 Å². The molecule has 0 spiro atoms. The van der Waals surface area contributed by atoms with Gasteiger partial charge >= 0.3 is 5.97 Å². The largest absolute Gasteiger partial charge is 0.496 e. The number of methoxy groups -OCH3 is 1. The molecule has 1 aliphatic rings. The number of nitro groups is 1. The Morgan fingerprint density at radius 2 is 2.05 bits per heavy atom. The second kappa shape index (κ2) is 5.13. The number of ether oxygens (including phenoxy) is 1. The van der Waals surface area contributed by atoms with Gasteiger partial charge in [-0.2, -0.15) is 0 Å². The Morgan fingerprint density at radius 3 is 2.53 bits per heavy atom. The molecule has 1 aromatic rings. The molecule has 0 aromatic heterocycles. The lowest BCUT2D eigenvalue weighted by Gasteiger charge is -2.19. The lowest BCUT2D eigenvalue weighted by molar-refractivity contribution is -0.384. The first kappa shape index (κ1) is 13.1. The highest BCUT2D eigenvalue weighted by molar-refractivity contribution is 5.93. The van der Waals surface area contributed by atoms with Gasteiger partial charge in [0.05, 0.1) is 12.0 Å². The summed E-state index contributed by atoms with van der Waals surface area (Å²) in [5, 5.41) is 20.1. The number of hydrogen-bond acceptors (Lipinski definition) is 5. The van der Waals surface area contributed by atoms with Gasteiger partial charge in [-0.1, -0.05) is 0 Å². The Kier molecular flexibility index (Phi) is 3.55. The maximum atomic E-state index is 11.1. The van der Waals surface area contributed by atoms with E-state index >= 15 is 0 Å². The van der Waals surface area contributed by atoms with E-state index in [1.54, 1.807) is 0 Å². The highest BCUT2D eigenvalue weighted by Crippen LogP contribution is 2.36. The molecule has 0 bridgehead atoms. The topological polar surface area (TPSA) is 92.9 Å². The number of rotatable bonds is 4. The third kappa shape index (κ3) is 2.44. The molecule has 1 fully saturated rings. The van der Waals surface area contributed by atoms with Crippen molar-refractivity contribution >= 4 is 17.3 Å². The van der Waals surface area contributed by atoms with E-state index in [9.17, 15) is 14.9 Å². The fraction of sp³-hybridized carbons (Fsp3) is 0.417. The van der Waals surface area contributed by atoms with Crippen LogP contribution in [0.3, 0.4) is 0 Å². The van der Waals surface area contributed by atoms with Crippen LogP contribution in [0.15, 0.2) is 12.1 Å². The second-order valence-corrected chi connectivity index (χ2v) is 4.30. The van der Waals surface area contributed by atoms with Gasteiger partial charge in [0.25, 0.3) is 5.69 Å². The minimum absolute atomic E-state index is 0.139. The number of nitrogens with zero attached hydrogens (tertiary/aromatic N) is 2. The average molecular weight is 266 g/mol. The number of aromatic carboxylic acids is 1. The van der Waals surface area contributed by atoms with E-state index < -0.39 is 10.9 Å². The Hall–Kier alpha value is -2.31. The van der Waals surface area contributed by atoms with E-state index in [0.29, 0.717) is 5.69 Å². The number of carbonyl (C=O) groups is 1. The van der Waals surface area contributed by atoms with E-state index in [2.05, 4.69) is 0 Å². The molecule has 1 heterocycles. The number of benzene rings is 1. The smallest absolute Gasteiger partial charge is 0.339 e. The van der Waals surface area contributed by atoms with Crippen molar-refractivity contribution in [1.82, 2.24) is 0 Å². The van der Waals surface area contributed by atoms with Gasteiger partial charge in [0.2, 0.25) is 0 Å². The summed E-state index contributed by atoms with van der Waals surface area (Å²) in [4.78, 5) is 23.5. The minimum atomic E-state index is -1.24. The Balaban J connectivity index is 2.57. The third-order valence-electron chi connectivity index (χ3n) is 3.17. The maximum absolute atomic E-state index is 11.1. The molecule has 1 aliphatic heterocycles. The fourth-order valence-corrected chi connectivity index (χ4v) is 2.25. The van der Waals surface area contributed by atoms with Crippen LogP contribution >= 0.6 is 0 Å². The Labute approximate surface area is 109 Å². The highest BCUT2D eigenvalue weighted by Gasteiger charge is 2.26. The molecule has 0 unspecified atom stereocenters. The molecule has 19 heavy (non-hydrogen) atoms. The lowest BCUT2D eigenvalue weighted by Crippen LogP contribution is -2.19.